The Morgan fingerprint density at radius 2 is 1.53 bits per heavy atom. The number of benzene rings is 3. The molecule has 0 saturated carbocycles. The second-order valence-electron chi connectivity index (χ2n) is 7.83. The molecule has 0 aliphatic heterocycles. The van der Waals surface area contributed by atoms with E-state index < -0.39 is 0 Å². The molecule has 1 N–H and O–H groups in total. The standard InChI is InChI=1S/C26H22Cl4N4OS/c1-3-15-7-5-8-16(4-2)24(15)34-25(18-12-11-17(27)13-21(18)30)32-33-26(34)36-14-22(35)31-23-19(28)9-6-10-20(23)29/h5-13H,3-4,14H2,1-2H3,(H,31,35). The molecule has 0 fully saturated rings. The van der Waals surface area contributed by atoms with Gasteiger partial charge in [-0.2, -0.15) is 0 Å². The Morgan fingerprint density at radius 1 is 0.889 bits per heavy atom. The number of carbonyl (C=O) groups excluding carboxylic acids is 1. The summed E-state index contributed by atoms with van der Waals surface area (Å²) in [6, 6.07) is 16.5. The number of anilines is 1. The van der Waals surface area contributed by atoms with Gasteiger partial charge in [-0.25, -0.2) is 0 Å². The fourth-order valence-corrected chi connectivity index (χ4v) is 5.56. The number of hydrogen-bond donors (Lipinski definition) is 1. The minimum atomic E-state index is -0.268. The first-order valence-electron chi connectivity index (χ1n) is 11.2. The Bertz CT molecular complexity index is 1380. The van der Waals surface area contributed by atoms with E-state index >= 15 is 0 Å². The van der Waals surface area contributed by atoms with E-state index in [1.165, 1.54) is 11.8 Å². The second kappa shape index (κ2) is 11.9. The van der Waals surface area contributed by atoms with Crippen molar-refractivity contribution in [3.8, 4) is 17.1 Å². The number of hydrogen-bond acceptors (Lipinski definition) is 4. The molecule has 5 nitrogen and oxygen atoms in total. The molecule has 1 aromatic heterocycles. The maximum atomic E-state index is 12.8. The smallest absolute Gasteiger partial charge is 0.234 e. The van der Waals surface area contributed by atoms with Crippen molar-refractivity contribution in [1.82, 2.24) is 14.8 Å². The third-order valence-electron chi connectivity index (χ3n) is 5.55. The van der Waals surface area contributed by atoms with Gasteiger partial charge in [-0.3, -0.25) is 9.36 Å². The lowest BCUT2D eigenvalue weighted by Crippen LogP contribution is -2.15. The van der Waals surface area contributed by atoms with Crippen LogP contribution in [0.3, 0.4) is 0 Å². The van der Waals surface area contributed by atoms with Gasteiger partial charge >= 0.3 is 0 Å². The van der Waals surface area contributed by atoms with E-state index in [0.717, 1.165) is 29.7 Å². The number of rotatable bonds is 8. The Morgan fingerprint density at radius 3 is 2.14 bits per heavy atom. The molecule has 0 spiro atoms. The molecule has 0 aliphatic rings. The average molecular weight is 580 g/mol. The molecule has 10 heteroatoms. The van der Waals surface area contributed by atoms with Crippen LogP contribution in [0.4, 0.5) is 5.69 Å². The fourth-order valence-electron chi connectivity index (χ4n) is 3.84. The van der Waals surface area contributed by atoms with Crippen molar-refractivity contribution in [2.24, 2.45) is 0 Å². The molecular weight excluding hydrogens is 558 g/mol. The van der Waals surface area contributed by atoms with Gasteiger partial charge in [0, 0.05) is 10.6 Å². The summed E-state index contributed by atoms with van der Waals surface area (Å²) < 4.78 is 1.98. The van der Waals surface area contributed by atoms with E-state index in [0.29, 0.717) is 42.3 Å². The first-order chi connectivity index (χ1) is 17.3. The SMILES string of the molecule is CCc1cccc(CC)c1-n1c(SCC(=O)Nc2c(Cl)cccc2Cl)nnc1-c1ccc(Cl)cc1Cl. The van der Waals surface area contributed by atoms with Crippen LogP contribution in [0.25, 0.3) is 17.1 Å². The van der Waals surface area contributed by atoms with Crippen LogP contribution in [0.1, 0.15) is 25.0 Å². The number of carbonyl (C=O) groups is 1. The minimum Gasteiger partial charge on any atom is -0.323 e. The van der Waals surface area contributed by atoms with Crippen LogP contribution < -0.4 is 5.32 Å². The highest BCUT2D eigenvalue weighted by Crippen LogP contribution is 2.36. The zero-order chi connectivity index (χ0) is 25.8. The maximum Gasteiger partial charge on any atom is 0.234 e. The fraction of sp³-hybridized carbons (Fsp3) is 0.192. The van der Waals surface area contributed by atoms with Crippen LogP contribution >= 0.6 is 58.2 Å². The number of halogens is 4. The van der Waals surface area contributed by atoms with Gasteiger partial charge in [0.2, 0.25) is 5.91 Å². The molecule has 0 atom stereocenters. The summed E-state index contributed by atoms with van der Waals surface area (Å²) in [5, 5.41) is 14.0. The zero-order valence-electron chi connectivity index (χ0n) is 19.5. The predicted molar refractivity (Wildman–Crippen MR) is 151 cm³/mol. The Kier molecular flexibility index (Phi) is 8.86. The molecule has 186 valence electrons. The Hall–Kier alpha value is -2.22. The normalized spacial score (nSPS) is 11.1. The van der Waals surface area contributed by atoms with Crippen LogP contribution in [0.15, 0.2) is 59.8 Å². The summed E-state index contributed by atoms with van der Waals surface area (Å²) in [4.78, 5) is 12.8. The van der Waals surface area contributed by atoms with Crippen molar-refractivity contribution < 1.29 is 4.79 Å². The molecule has 0 aliphatic carbocycles. The number of amides is 1. The van der Waals surface area contributed by atoms with Crippen molar-refractivity contribution in [3.05, 3.63) is 85.8 Å². The molecule has 4 aromatic rings. The van der Waals surface area contributed by atoms with Gasteiger partial charge in [0.15, 0.2) is 11.0 Å². The molecule has 36 heavy (non-hydrogen) atoms. The third-order valence-corrected chi connectivity index (χ3v) is 7.66. The first-order valence-corrected chi connectivity index (χ1v) is 13.7. The van der Waals surface area contributed by atoms with E-state index in [1.807, 2.05) is 16.7 Å². The number of thioether (sulfide) groups is 1. The van der Waals surface area contributed by atoms with Crippen LogP contribution in [0, 0.1) is 0 Å². The molecule has 0 unspecified atom stereocenters. The summed E-state index contributed by atoms with van der Waals surface area (Å²) in [5.74, 6) is 0.378. The predicted octanol–water partition coefficient (Wildman–Crippen LogP) is 8.40. The lowest BCUT2D eigenvalue weighted by molar-refractivity contribution is -0.113. The number of aryl methyl sites for hydroxylation is 2. The molecule has 1 amide bonds. The Labute approximate surface area is 234 Å². The van der Waals surface area contributed by atoms with E-state index in [-0.39, 0.29) is 11.7 Å². The molecule has 0 bridgehead atoms. The van der Waals surface area contributed by atoms with Crippen LogP contribution in [-0.4, -0.2) is 26.4 Å². The topological polar surface area (TPSA) is 59.8 Å². The van der Waals surface area contributed by atoms with Gasteiger partial charge in [0.05, 0.1) is 32.2 Å². The molecule has 0 radical (unpaired) electrons. The van der Waals surface area contributed by atoms with Crippen LogP contribution in [-0.2, 0) is 17.6 Å². The van der Waals surface area contributed by atoms with Crippen molar-refractivity contribution >= 4 is 69.8 Å². The summed E-state index contributed by atoms with van der Waals surface area (Å²) in [6.07, 6.45) is 1.62. The molecular formula is C26H22Cl4N4OS. The molecule has 1 heterocycles. The highest BCUT2D eigenvalue weighted by molar-refractivity contribution is 7.99. The van der Waals surface area contributed by atoms with Gasteiger partial charge in [-0.05, 0) is 54.3 Å². The van der Waals surface area contributed by atoms with Crippen LogP contribution in [0.2, 0.25) is 20.1 Å². The summed E-state index contributed by atoms with van der Waals surface area (Å²) in [5.41, 5.74) is 4.33. The molecule has 0 saturated heterocycles. The van der Waals surface area contributed by atoms with Gasteiger partial charge in [0.1, 0.15) is 0 Å². The van der Waals surface area contributed by atoms with Crippen molar-refractivity contribution in [1.29, 1.82) is 0 Å². The van der Waals surface area contributed by atoms with E-state index in [4.69, 9.17) is 46.4 Å². The molecule has 4 rings (SSSR count). The monoisotopic (exact) mass is 578 g/mol. The highest BCUT2D eigenvalue weighted by atomic mass is 35.5. The largest absolute Gasteiger partial charge is 0.323 e. The summed E-state index contributed by atoms with van der Waals surface area (Å²) in [7, 11) is 0. The van der Waals surface area contributed by atoms with Crippen LogP contribution in [0.5, 0.6) is 0 Å². The minimum absolute atomic E-state index is 0.0732. The highest BCUT2D eigenvalue weighted by Gasteiger charge is 2.23. The lowest BCUT2D eigenvalue weighted by atomic mass is 10.0. The number of nitrogens with one attached hydrogen (secondary N) is 1. The van der Waals surface area contributed by atoms with Gasteiger partial charge in [0.25, 0.3) is 0 Å². The second-order valence-corrected chi connectivity index (χ2v) is 10.4. The number of nitrogens with zero attached hydrogens (tertiary/aromatic N) is 3. The lowest BCUT2D eigenvalue weighted by Gasteiger charge is -2.18. The van der Waals surface area contributed by atoms with E-state index in [1.54, 1.807) is 30.3 Å². The van der Waals surface area contributed by atoms with Gasteiger partial charge in [-0.1, -0.05) is 96.3 Å². The number of para-hydroxylation sites is 2. The Balaban J connectivity index is 1.75. The zero-order valence-corrected chi connectivity index (χ0v) is 23.3. The number of aromatic nitrogens is 3. The quantitative estimate of drug-likeness (QED) is 0.213. The summed E-state index contributed by atoms with van der Waals surface area (Å²) in [6.45, 7) is 4.20. The molecule has 3 aromatic carbocycles. The average Bonchev–Trinajstić information content (AvgIpc) is 3.27. The van der Waals surface area contributed by atoms with Crippen molar-refractivity contribution in [3.63, 3.8) is 0 Å². The first kappa shape index (κ1) is 26.8. The van der Waals surface area contributed by atoms with Crippen molar-refractivity contribution in [2.75, 3.05) is 11.1 Å². The maximum absolute atomic E-state index is 12.8. The van der Waals surface area contributed by atoms with E-state index in [9.17, 15) is 4.79 Å². The third kappa shape index (κ3) is 5.68. The summed E-state index contributed by atoms with van der Waals surface area (Å²) >= 11 is 26.4. The van der Waals surface area contributed by atoms with Gasteiger partial charge in [-0.15, -0.1) is 10.2 Å². The van der Waals surface area contributed by atoms with Crippen molar-refractivity contribution in [2.45, 2.75) is 31.8 Å². The van der Waals surface area contributed by atoms with Gasteiger partial charge < -0.3 is 5.32 Å². The van der Waals surface area contributed by atoms with E-state index in [2.05, 4.69) is 41.5 Å².